The van der Waals surface area contributed by atoms with Gasteiger partial charge in [-0.25, -0.2) is 9.97 Å². The van der Waals surface area contributed by atoms with E-state index >= 15 is 0 Å². The summed E-state index contributed by atoms with van der Waals surface area (Å²) in [5, 5.41) is 10.0. The standard InChI is InChI=1S/C16H14ClN5O/c1-10-19-15(22-21-10)13(11-6-3-2-4-7-11)20-16(23)12-8-5-9-18-14(12)17/h2-9,13H,1H3,(H,20,23)(H,19,21,22)/t13-/m1/s1. The van der Waals surface area contributed by atoms with Gasteiger partial charge in [0.1, 0.15) is 17.0 Å². The molecule has 2 N–H and O–H groups in total. The van der Waals surface area contributed by atoms with Gasteiger partial charge >= 0.3 is 0 Å². The molecule has 0 aliphatic heterocycles. The number of nitrogens with one attached hydrogen (secondary N) is 2. The lowest BCUT2D eigenvalue weighted by Gasteiger charge is -2.16. The number of benzene rings is 1. The average molecular weight is 328 g/mol. The molecule has 0 spiro atoms. The van der Waals surface area contributed by atoms with Crippen molar-refractivity contribution >= 4 is 17.5 Å². The fourth-order valence-electron chi connectivity index (χ4n) is 2.20. The number of H-pyrrole nitrogens is 1. The Kier molecular flexibility index (Phi) is 4.34. The summed E-state index contributed by atoms with van der Waals surface area (Å²) in [5.74, 6) is 0.830. The van der Waals surface area contributed by atoms with Crippen LogP contribution in [0.1, 0.15) is 33.6 Å². The Hall–Kier alpha value is -2.73. The van der Waals surface area contributed by atoms with E-state index in [9.17, 15) is 4.79 Å². The normalized spacial score (nSPS) is 11.9. The fraction of sp³-hybridized carbons (Fsp3) is 0.125. The quantitative estimate of drug-likeness (QED) is 0.722. The number of aromatic nitrogens is 4. The number of pyridine rings is 1. The van der Waals surface area contributed by atoms with Crippen LogP contribution in [0.3, 0.4) is 0 Å². The molecule has 7 heteroatoms. The third-order valence-electron chi connectivity index (χ3n) is 3.28. The van der Waals surface area contributed by atoms with Crippen molar-refractivity contribution < 1.29 is 4.79 Å². The first-order valence-electron chi connectivity index (χ1n) is 7.00. The summed E-state index contributed by atoms with van der Waals surface area (Å²) in [6, 6.07) is 12.3. The summed E-state index contributed by atoms with van der Waals surface area (Å²) in [5.41, 5.74) is 1.18. The Morgan fingerprint density at radius 1 is 1.22 bits per heavy atom. The second kappa shape index (κ2) is 6.58. The van der Waals surface area contributed by atoms with Crippen molar-refractivity contribution in [1.82, 2.24) is 25.5 Å². The molecule has 1 amide bonds. The molecule has 0 fully saturated rings. The summed E-state index contributed by atoms with van der Waals surface area (Å²) in [6.07, 6.45) is 1.53. The fourth-order valence-corrected chi connectivity index (χ4v) is 2.40. The number of aromatic amines is 1. The van der Waals surface area contributed by atoms with Crippen LogP contribution in [0.15, 0.2) is 48.7 Å². The van der Waals surface area contributed by atoms with E-state index in [1.807, 2.05) is 30.3 Å². The Balaban J connectivity index is 1.94. The minimum Gasteiger partial charge on any atom is -0.338 e. The van der Waals surface area contributed by atoms with Gasteiger partial charge in [0.25, 0.3) is 5.91 Å². The molecule has 0 bridgehead atoms. The van der Waals surface area contributed by atoms with E-state index in [0.717, 1.165) is 5.56 Å². The smallest absolute Gasteiger partial charge is 0.255 e. The predicted molar refractivity (Wildman–Crippen MR) is 86.1 cm³/mol. The molecule has 0 saturated carbocycles. The van der Waals surface area contributed by atoms with Crippen molar-refractivity contribution in [2.24, 2.45) is 0 Å². The summed E-state index contributed by atoms with van der Waals surface area (Å²) >= 11 is 5.99. The van der Waals surface area contributed by atoms with E-state index in [2.05, 4.69) is 25.5 Å². The number of halogens is 1. The van der Waals surface area contributed by atoms with Gasteiger partial charge in [-0.2, -0.15) is 5.10 Å². The van der Waals surface area contributed by atoms with E-state index in [0.29, 0.717) is 17.2 Å². The maximum Gasteiger partial charge on any atom is 0.255 e. The van der Waals surface area contributed by atoms with Crippen LogP contribution in [-0.2, 0) is 0 Å². The van der Waals surface area contributed by atoms with E-state index in [1.165, 1.54) is 6.20 Å². The minimum atomic E-state index is -0.482. The van der Waals surface area contributed by atoms with E-state index in [1.54, 1.807) is 19.1 Å². The maximum atomic E-state index is 12.5. The van der Waals surface area contributed by atoms with Gasteiger partial charge in [-0.15, -0.1) is 0 Å². The second-order valence-corrected chi connectivity index (χ2v) is 5.30. The second-order valence-electron chi connectivity index (χ2n) is 4.94. The lowest BCUT2D eigenvalue weighted by molar-refractivity contribution is 0.0941. The summed E-state index contributed by atoms with van der Waals surface area (Å²) < 4.78 is 0. The third kappa shape index (κ3) is 3.37. The number of amides is 1. The zero-order chi connectivity index (χ0) is 16.2. The Morgan fingerprint density at radius 2 is 2.00 bits per heavy atom. The van der Waals surface area contributed by atoms with Crippen LogP contribution in [0.4, 0.5) is 0 Å². The zero-order valence-corrected chi connectivity index (χ0v) is 13.1. The van der Waals surface area contributed by atoms with Crippen LogP contribution in [0, 0.1) is 6.92 Å². The highest BCUT2D eigenvalue weighted by molar-refractivity contribution is 6.32. The molecule has 1 atom stereocenters. The highest BCUT2D eigenvalue weighted by Crippen LogP contribution is 2.20. The van der Waals surface area contributed by atoms with Gasteiger partial charge < -0.3 is 5.32 Å². The largest absolute Gasteiger partial charge is 0.338 e. The van der Waals surface area contributed by atoms with E-state index in [-0.39, 0.29) is 11.1 Å². The molecule has 0 aliphatic carbocycles. The van der Waals surface area contributed by atoms with Crippen molar-refractivity contribution in [1.29, 1.82) is 0 Å². The number of carbonyl (C=O) groups is 1. The van der Waals surface area contributed by atoms with Crippen molar-refractivity contribution in [3.8, 4) is 0 Å². The Labute approximate surface area is 137 Å². The minimum absolute atomic E-state index is 0.156. The topological polar surface area (TPSA) is 83.6 Å². The molecular weight excluding hydrogens is 314 g/mol. The molecule has 6 nitrogen and oxygen atoms in total. The first-order valence-corrected chi connectivity index (χ1v) is 7.38. The molecule has 1 aromatic carbocycles. The van der Waals surface area contributed by atoms with Crippen LogP contribution < -0.4 is 5.32 Å². The number of aryl methyl sites for hydroxylation is 1. The molecule has 3 rings (SSSR count). The van der Waals surface area contributed by atoms with Gasteiger partial charge in [-0.05, 0) is 24.6 Å². The molecule has 3 aromatic rings. The number of rotatable bonds is 4. The van der Waals surface area contributed by atoms with Crippen molar-refractivity contribution in [2.75, 3.05) is 0 Å². The van der Waals surface area contributed by atoms with Crippen LogP contribution >= 0.6 is 11.6 Å². The molecule has 0 unspecified atom stereocenters. The number of nitrogens with zero attached hydrogens (tertiary/aromatic N) is 3. The monoisotopic (exact) mass is 327 g/mol. The van der Waals surface area contributed by atoms with Crippen molar-refractivity contribution in [2.45, 2.75) is 13.0 Å². The number of hydrogen-bond acceptors (Lipinski definition) is 4. The summed E-state index contributed by atoms with van der Waals surface area (Å²) in [7, 11) is 0. The van der Waals surface area contributed by atoms with Gasteiger partial charge in [-0.1, -0.05) is 41.9 Å². The first kappa shape index (κ1) is 15.2. The third-order valence-corrected chi connectivity index (χ3v) is 3.59. The number of carbonyl (C=O) groups excluding carboxylic acids is 1. The van der Waals surface area contributed by atoms with E-state index in [4.69, 9.17) is 11.6 Å². The molecular formula is C16H14ClN5O. The molecule has 0 radical (unpaired) electrons. The maximum absolute atomic E-state index is 12.5. The highest BCUT2D eigenvalue weighted by Gasteiger charge is 2.22. The Bertz CT molecular complexity index is 818. The van der Waals surface area contributed by atoms with Crippen molar-refractivity contribution in [3.05, 3.63) is 76.6 Å². The van der Waals surface area contributed by atoms with Gasteiger partial charge in [0.05, 0.1) is 5.56 Å². The zero-order valence-electron chi connectivity index (χ0n) is 12.3. The molecule has 0 aliphatic rings. The van der Waals surface area contributed by atoms with E-state index < -0.39 is 6.04 Å². The molecule has 2 heterocycles. The average Bonchev–Trinajstić information content (AvgIpc) is 3.00. The van der Waals surface area contributed by atoms with Crippen LogP contribution in [0.2, 0.25) is 5.15 Å². The molecule has 23 heavy (non-hydrogen) atoms. The van der Waals surface area contributed by atoms with Gasteiger partial charge in [0.15, 0.2) is 5.82 Å². The van der Waals surface area contributed by atoms with Crippen LogP contribution in [0.25, 0.3) is 0 Å². The summed E-state index contributed by atoms with van der Waals surface area (Å²) in [4.78, 5) is 20.8. The number of hydrogen-bond donors (Lipinski definition) is 2. The first-order chi connectivity index (χ1) is 11.1. The molecule has 0 saturated heterocycles. The summed E-state index contributed by atoms with van der Waals surface area (Å²) in [6.45, 7) is 1.80. The van der Waals surface area contributed by atoms with Crippen LogP contribution in [0.5, 0.6) is 0 Å². The Morgan fingerprint density at radius 3 is 2.65 bits per heavy atom. The molecule has 2 aromatic heterocycles. The van der Waals surface area contributed by atoms with Gasteiger partial charge in [0, 0.05) is 6.20 Å². The van der Waals surface area contributed by atoms with Gasteiger partial charge in [0.2, 0.25) is 0 Å². The van der Waals surface area contributed by atoms with Crippen molar-refractivity contribution in [3.63, 3.8) is 0 Å². The van der Waals surface area contributed by atoms with Gasteiger partial charge in [-0.3, -0.25) is 9.89 Å². The predicted octanol–water partition coefficient (Wildman–Crippen LogP) is 2.68. The van der Waals surface area contributed by atoms with Crippen LogP contribution in [-0.4, -0.2) is 26.1 Å². The lowest BCUT2D eigenvalue weighted by atomic mass is 10.1. The molecule has 116 valence electrons. The SMILES string of the molecule is Cc1nc([C@H](NC(=O)c2cccnc2Cl)c2ccccc2)n[nH]1. The highest BCUT2D eigenvalue weighted by atomic mass is 35.5. The lowest BCUT2D eigenvalue weighted by Crippen LogP contribution is -2.30.